The third-order valence-electron chi connectivity index (χ3n) is 0.783. The Labute approximate surface area is 45.5 Å². The van der Waals surface area contributed by atoms with Gasteiger partial charge in [0.1, 0.15) is 0 Å². The van der Waals surface area contributed by atoms with Crippen molar-refractivity contribution >= 4 is 0 Å². The zero-order chi connectivity index (χ0) is 5.91. The summed E-state index contributed by atoms with van der Waals surface area (Å²) in [5.41, 5.74) is 6.84. The van der Waals surface area contributed by atoms with Crippen LogP contribution >= 0.6 is 0 Å². The summed E-state index contributed by atoms with van der Waals surface area (Å²) in [7, 11) is 6.28. The third-order valence-corrected chi connectivity index (χ3v) is 0.783. The standard InChI is InChI=1S/C5H14N2/c1-7(2,3)5-4-6/h6H,4-5H2,1-3H3/q+1. The highest BCUT2D eigenvalue weighted by Crippen LogP contribution is 1.84. The molecule has 0 fully saturated rings. The lowest BCUT2D eigenvalue weighted by Crippen LogP contribution is -2.37. The Balaban J connectivity index is 3.15. The van der Waals surface area contributed by atoms with Gasteiger partial charge in [0, 0.05) is 0 Å². The fourth-order valence-electron chi connectivity index (χ4n) is 0.335. The van der Waals surface area contributed by atoms with Crippen molar-refractivity contribution in [3.05, 3.63) is 0 Å². The molecule has 0 aromatic rings. The van der Waals surface area contributed by atoms with Gasteiger partial charge in [-0.2, -0.15) is 0 Å². The molecule has 2 nitrogen and oxygen atoms in total. The average Bonchev–Trinajstić information content (AvgIpc) is 1.30. The van der Waals surface area contributed by atoms with Crippen molar-refractivity contribution in [2.45, 2.75) is 0 Å². The fraction of sp³-hybridized carbons (Fsp3) is 1.00. The highest BCUT2D eigenvalue weighted by atomic mass is 15.3. The van der Waals surface area contributed by atoms with E-state index in [-0.39, 0.29) is 0 Å². The minimum Gasteiger partial charge on any atom is -0.330 e. The molecule has 43 valence electrons. The van der Waals surface area contributed by atoms with E-state index in [1.807, 2.05) is 0 Å². The van der Waals surface area contributed by atoms with Gasteiger partial charge in [0.25, 0.3) is 0 Å². The predicted octanol–water partition coefficient (Wildman–Crippen LogP) is -0.0245. The Bertz CT molecular complexity index is 44.5. The average molecular weight is 102 g/mol. The van der Waals surface area contributed by atoms with Crippen molar-refractivity contribution in [3.8, 4) is 0 Å². The summed E-state index contributed by atoms with van der Waals surface area (Å²) in [6.07, 6.45) is 0. The van der Waals surface area contributed by atoms with Gasteiger partial charge >= 0.3 is 0 Å². The van der Waals surface area contributed by atoms with Crippen molar-refractivity contribution in [1.82, 2.24) is 5.73 Å². The minimum absolute atomic E-state index is 0.531. The number of rotatable bonds is 2. The molecule has 0 aliphatic rings. The molecule has 0 bridgehead atoms. The van der Waals surface area contributed by atoms with E-state index in [1.54, 1.807) is 0 Å². The van der Waals surface area contributed by atoms with Crippen LogP contribution in [0.2, 0.25) is 0 Å². The van der Waals surface area contributed by atoms with Gasteiger partial charge in [-0.3, -0.25) is 5.73 Å². The van der Waals surface area contributed by atoms with Gasteiger partial charge in [-0.05, 0) is 0 Å². The highest BCUT2D eigenvalue weighted by Gasteiger charge is 2.01. The van der Waals surface area contributed by atoms with E-state index >= 15 is 0 Å². The Hall–Kier alpha value is -0.0800. The van der Waals surface area contributed by atoms with Crippen LogP contribution in [0.15, 0.2) is 0 Å². The summed E-state index contributed by atoms with van der Waals surface area (Å²) >= 11 is 0. The smallest absolute Gasteiger partial charge is 0.0921 e. The molecule has 0 unspecified atom stereocenters. The van der Waals surface area contributed by atoms with Gasteiger partial charge < -0.3 is 4.48 Å². The maximum atomic E-state index is 6.84. The summed E-state index contributed by atoms with van der Waals surface area (Å²) in [4.78, 5) is 0. The number of hydrogen-bond donors (Lipinski definition) is 0. The molecule has 7 heavy (non-hydrogen) atoms. The molecule has 1 N–H and O–H groups in total. The first-order chi connectivity index (χ1) is 3.06. The predicted molar refractivity (Wildman–Crippen MR) is 30.9 cm³/mol. The van der Waals surface area contributed by atoms with Crippen LogP contribution in [0, 0.1) is 0 Å². The molecule has 0 saturated carbocycles. The van der Waals surface area contributed by atoms with E-state index in [2.05, 4.69) is 21.1 Å². The molecule has 0 atom stereocenters. The van der Waals surface area contributed by atoms with Crippen molar-refractivity contribution < 1.29 is 4.48 Å². The summed E-state index contributed by atoms with van der Waals surface area (Å²) in [5.74, 6) is 0. The van der Waals surface area contributed by atoms with Gasteiger partial charge in [0.15, 0.2) is 0 Å². The second kappa shape index (κ2) is 2.28. The monoisotopic (exact) mass is 102 g/mol. The van der Waals surface area contributed by atoms with Gasteiger partial charge in [-0.1, -0.05) is 0 Å². The summed E-state index contributed by atoms with van der Waals surface area (Å²) in [6, 6.07) is 0. The number of quaternary nitrogens is 1. The van der Waals surface area contributed by atoms with E-state index < -0.39 is 0 Å². The van der Waals surface area contributed by atoms with Gasteiger partial charge in [0.2, 0.25) is 0 Å². The number of nitrogens with one attached hydrogen (secondary N) is 1. The normalized spacial score (nSPS) is 12.0. The fourth-order valence-corrected chi connectivity index (χ4v) is 0.335. The molecule has 0 amide bonds. The molecule has 0 saturated heterocycles. The third kappa shape index (κ3) is 5.92. The van der Waals surface area contributed by atoms with Crippen LogP contribution in [-0.2, 0) is 0 Å². The summed E-state index contributed by atoms with van der Waals surface area (Å²) in [6.45, 7) is 1.48. The van der Waals surface area contributed by atoms with Gasteiger partial charge in [-0.25, -0.2) is 0 Å². The highest BCUT2D eigenvalue weighted by molar-refractivity contribution is 4.25. The molecule has 0 aromatic heterocycles. The van der Waals surface area contributed by atoms with Crippen molar-refractivity contribution in [3.63, 3.8) is 0 Å². The van der Waals surface area contributed by atoms with Crippen LogP contribution in [-0.4, -0.2) is 38.7 Å². The number of nitrogens with zero attached hydrogens (tertiary/aromatic N) is 1. The van der Waals surface area contributed by atoms with Crippen LogP contribution in [0.5, 0.6) is 0 Å². The van der Waals surface area contributed by atoms with E-state index in [1.165, 1.54) is 0 Å². The lowest BCUT2D eigenvalue weighted by atomic mass is 10.5. The second-order valence-corrected chi connectivity index (χ2v) is 2.76. The first kappa shape index (κ1) is 6.92. The number of hydrogen-bond acceptors (Lipinski definition) is 0. The van der Waals surface area contributed by atoms with Crippen LogP contribution < -0.4 is 5.73 Å². The lowest BCUT2D eigenvalue weighted by Gasteiger charge is -2.22. The van der Waals surface area contributed by atoms with Crippen LogP contribution in [0.3, 0.4) is 0 Å². The maximum Gasteiger partial charge on any atom is 0.0921 e. The van der Waals surface area contributed by atoms with Crippen molar-refractivity contribution in [2.24, 2.45) is 0 Å². The summed E-state index contributed by atoms with van der Waals surface area (Å²) < 4.78 is 0.906. The molecule has 0 rings (SSSR count). The van der Waals surface area contributed by atoms with E-state index in [0.29, 0.717) is 6.54 Å². The Morgan fingerprint density at radius 2 is 1.71 bits per heavy atom. The molecule has 0 heterocycles. The van der Waals surface area contributed by atoms with E-state index in [9.17, 15) is 0 Å². The molecule has 2 heteroatoms. The molecule has 1 radical (unpaired) electrons. The molecular weight excluding hydrogens is 88.1 g/mol. The van der Waals surface area contributed by atoms with Crippen LogP contribution in [0.4, 0.5) is 0 Å². The Kier molecular flexibility index (Phi) is 2.26. The minimum atomic E-state index is 0.531. The van der Waals surface area contributed by atoms with Crippen LogP contribution in [0.1, 0.15) is 0 Å². The van der Waals surface area contributed by atoms with Gasteiger partial charge in [0.05, 0.1) is 34.2 Å². The molecule has 0 aliphatic heterocycles. The Morgan fingerprint density at radius 3 is 1.71 bits per heavy atom. The number of likely N-dealkylation sites (N-methyl/N-ethyl adjacent to an activating group) is 1. The first-order valence-electron chi connectivity index (χ1n) is 2.51. The van der Waals surface area contributed by atoms with Gasteiger partial charge in [-0.15, -0.1) is 0 Å². The SMILES string of the molecule is C[N+](C)(C)CC[NH]. The van der Waals surface area contributed by atoms with Crippen LogP contribution in [0.25, 0.3) is 0 Å². The lowest BCUT2D eigenvalue weighted by molar-refractivity contribution is -0.868. The second-order valence-electron chi connectivity index (χ2n) is 2.76. The first-order valence-corrected chi connectivity index (χ1v) is 2.51. The zero-order valence-electron chi connectivity index (χ0n) is 5.36. The van der Waals surface area contributed by atoms with Crippen molar-refractivity contribution in [2.75, 3.05) is 34.2 Å². The largest absolute Gasteiger partial charge is 0.330 e. The topological polar surface area (TPSA) is 23.8 Å². The molecule has 0 aliphatic carbocycles. The Morgan fingerprint density at radius 1 is 1.29 bits per heavy atom. The zero-order valence-corrected chi connectivity index (χ0v) is 5.36. The van der Waals surface area contributed by atoms with E-state index in [0.717, 1.165) is 11.0 Å². The summed E-state index contributed by atoms with van der Waals surface area (Å²) in [5, 5.41) is 0. The maximum absolute atomic E-state index is 6.84. The molecule has 0 spiro atoms. The van der Waals surface area contributed by atoms with E-state index in [4.69, 9.17) is 5.73 Å². The molecule has 0 aromatic carbocycles. The van der Waals surface area contributed by atoms with Crippen molar-refractivity contribution in [1.29, 1.82) is 0 Å². The quantitative estimate of drug-likeness (QED) is 0.437. The molecular formula is C5H14N2+.